The molecular weight excluding hydrogens is 334 g/mol. The van der Waals surface area contributed by atoms with Crippen LogP contribution in [0, 0.1) is 0 Å². The van der Waals surface area contributed by atoms with Crippen LogP contribution in [0.25, 0.3) is 0 Å². The molecule has 0 radical (unpaired) electrons. The van der Waals surface area contributed by atoms with E-state index in [4.69, 9.17) is 9.15 Å². The summed E-state index contributed by atoms with van der Waals surface area (Å²) in [5.41, 5.74) is 1.23. The van der Waals surface area contributed by atoms with Crippen molar-refractivity contribution in [1.82, 2.24) is 10.6 Å². The molecule has 3 N–H and O–H groups in total. The van der Waals surface area contributed by atoms with Crippen LogP contribution in [-0.4, -0.2) is 37.6 Å². The van der Waals surface area contributed by atoms with E-state index in [9.17, 15) is 9.59 Å². The number of carbonyl (C=O) groups is 2. The lowest BCUT2D eigenvalue weighted by Gasteiger charge is -2.12. The molecule has 7 heteroatoms. The maximum Gasteiger partial charge on any atom is 0.251 e. The Bertz CT molecular complexity index is 724. The van der Waals surface area contributed by atoms with Gasteiger partial charge in [0, 0.05) is 24.4 Å². The Balaban J connectivity index is 1.44. The molecule has 0 aliphatic carbocycles. The minimum absolute atomic E-state index is 0.104. The van der Waals surface area contributed by atoms with Crippen LogP contribution in [0.1, 0.15) is 29.0 Å². The van der Waals surface area contributed by atoms with Gasteiger partial charge in [-0.25, -0.2) is 0 Å². The summed E-state index contributed by atoms with van der Waals surface area (Å²) in [5.74, 6) is 0.386. The third-order valence-electron chi connectivity index (χ3n) is 4.13. The first kappa shape index (κ1) is 18.0. The molecule has 1 aliphatic heterocycles. The number of amides is 2. The lowest BCUT2D eigenvalue weighted by atomic mass is 10.2. The lowest BCUT2D eigenvalue weighted by molar-refractivity contribution is -0.119. The number of hydrogen-bond donors (Lipinski definition) is 3. The van der Waals surface area contributed by atoms with Crippen LogP contribution < -0.4 is 16.0 Å². The summed E-state index contributed by atoms with van der Waals surface area (Å²) in [7, 11) is 0. The van der Waals surface area contributed by atoms with Crippen LogP contribution in [-0.2, 0) is 16.1 Å². The molecule has 1 aliphatic rings. The van der Waals surface area contributed by atoms with Gasteiger partial charge in [-0.15, -0.1) is 0 Å². The highest BCUT2D eigenvalue weighted by atomic mass is 16.5. The molecule has 2 heterocycles. The number of furan rings is 1. The highest BCUT2D eigenvalue weighted by Gasteiger charge is 2.16. The Morgan fingerprint density at radius 1 is 1.15 bits per heavy atom. The van der Waals surface area contributed by atoms with E-state index in [1.807, 2.05) is 6.07 Å². The summed E-state index contributed by atoms with van der Waals surface area (Å²) in [6, 6.07) is 10.6. The number of benzene rings is 1. The van der Waals surface area contributed by atoms with Gasteiger partial charge in [-0.05, 0) is 43.2 Å². The second-order valence-corrected chi connectivity index (χ2v) is 6.14. The largest absolute Gasteiger partial charge is 0.467 e. The summed E-state index contributed by atoms with van der Waals surface area (Å²) in [4.78, 5) is 24.1. The molecule has 1 fully saturated rings. The van der Waals surface area contributed by atoms with Gasteiger partial charge in [-0.2, -0.15) is 0 Å². The molecule has 1 unspecified atom stereocenters. The first-order valence-electron chi connectivity index (χ1n) is 8.73. The van der Waals surface area contributed by atoms with Crippen LogP contribution in [0.15, 0.2) is 47.1 Å². The number of hydrogen-bond acceptors (Lipinski definition) is 5. The lowest BCUT2D eigenvalue weighted by Crippen LogP contribution is -2.35. The van der Waals surface area contributed by atoms with Crippen molar-refractivity contribution in [1.29, 1.82) is 0 Å². The first-order chi connectivity index (χ1) is 12.7. The van der Waals surface area contributed by atoms with E-state index in [2.05, 4.69) is 16.0 Å². The standard InChI is InChI=1S/C19H23N3O4/c23-18(21-11-16-6-2-8-25-16)13-20-15-5-1-4-14(10-15)19(24)22-12-17-7-3-9-26-17/h1,3-5,7,9-10,16,20H,2,6,8,11-13H2,(H,21,23)(H,22,24). The maximum atomic E-state index is 12.2. The maximum absolute atomic E-state index is 12.2. The zero-order chi connectivity index (χ0) is 18.2. The second kappa shape index (κ2) is 9.05. The third kappa shape index (κ3) is 5.35. The fourth-order valence-electron chi connectivity index (χ4n) is 2.73. The topological polar surface area (TPSA) is 92.6 Å². The van der Waals surface area contributed by atoms with Crippen LogP contribution >= 0.6 is 0 Å². The molecule has 0 spiro atoms. The molecule has 2 aromatic rings. The van der Waals surface area contributed by atoms with Crippen LogP contribution in [0.2, 0.25) is 0 Å². The number of rotatable bonds is 8. The van der Waals surface area contributed by atoms with Gasteiger partial charge >= 0.3 is 0 Å². The molecule has 26 heavy (non-hydrogen) atoms. The molecule has 138 valence electrons. The van der Waals surface area contributed by atoms with Gasteiger partial charge in [0.25, 0.3) is 5.91 Å². The molecule has 0 saturated carbocycles. The van der Waals surface area contributed by atoms with Crippen molar-refractivity contribution in [3.63, 3.8) is 0 Å². The predicted molar refractivity (Wildman–Crippen MR) is 96.8 cm³/mol. The second-order valence-electron chi connectivity index (χ2n) is 6.14. The minimum Gasteiger partial charge on any atom is -0.467 e. The summed E-state index contributed by atoms with van der Waals surface area (Å²) >= 11 is 0. The van der Waals surface area contributed by atoms with Crippen LogP contribution in [0.3, 0.4) is 0 Å². The molecule has 1 aromatic carbocycles. The number of ether oxygens (including phenoxy) is 1. The van der Waals surface area contributed by atoms with Gasteiger partial charge < -0.3 is 25.1 Å². The smallest absolute Gasteiger partial charge is 0.251 e. The predicted octanol–water partition coefficient (Wildman–Crippen LogP) is 1.92. The molecule has 7 nitrogen and oxygen atoms in total. The van der Waals surface area contributed by atoms with E-state index in [1.54, 1.807) is 36.6 Å². The van der Waals surface area contributed by atoms with E-state index in [1.165, 1.54) is 0 Å². The zero-order valence-corrected chi connectivity index (χ0v) is 14.5. The van der Waals surface area contributed by atoms with Gasteiger partial charge in [-0.1, -0.05) is 6.07 Å². The summed E-state index contributed by atoms with van der Waals surface area (Å²) in [6.07, 6.45) is 3.73. The van der Waals surface area contributed by atoms with E-state index in [-0.39, 0.29) is 24.5 Å². The molecule has 1 aromatic heterocycles. The van der Waals surface area contributed by atoms with Crippen molar-refractivity contribution in [2.24, 2.45) is 0 Å². The molecular formula is C19H23N3O4. The number of anilines is 1. The van der Waals surface area contributed by atoms with Gasteiger partial charge in [-0.3, -0.25) is 9.59 Å². The van der Waals surface area contributed by atoms with E-state index in [0.29, 0.717) is 30.1 Å². The van der Waals surface area contributed by atoms with Crippen LogP contribution in [0.5, 0.6) is 0 Å². The Kier molecular flexibility index (Phi) is 6.27. The fourth-order valence-corrected chi connectivity index (χ4v) is 2.73. The quantitative estimate of drug-likeness (QED) is 0.671. The molecule has 1 saturated heterocycles. The van der Waals surface area contributed by atoms with Gasteiger partial charge in [0.1, 0.15) is 5.76 Å². The molecule has 2 amide bonds. The van der Waals surface area contributed by atoms with E-state index >= 15 is 0 Å². The van der Waals surface area contributed by atoms with Crippen molar-refractivity contribution < 1.29 is 18.7 Å². The monoisotopic (exact) mass is 357 g/mol. The zero-order valence-electron chi connectivity index (χ0n) is 14.5. The van der Waals surface area contributed by atoms with Crippen molar-refractivity contribution in [2.75, 3.05) is 25.0 Å². The third-order valence-corrected chi connectivity index (χ3v) is 4.13. The van der Waals surface area contributed by atoms with Crippen molar-refractivity contribution in [3.8, 4) is 0 Å². The minimum atomic E-state index is -0.201. The Morgan fingerprint density at radius 3 is 2.85 bits per heavy atom. The normalized spacial score (nSPS) is 16.2. The summed E-state index contributed by atoms with van der Waals surface area (Å²) in [5, 5.41) is 8.68. The molecule has 0 bridgehead atoms. The van der Waals surface area contributed by atoms with Gasteiger partial charge in [0.2, 0.25) is 5.91 Å². The average Bonchev–Trinajstić information content (AvgIpc) is 3.36. The fraction of sp³-hybridized carbons (Fsp3) is 0.368. The summed E-state index contributed by atoms with van der Waals surface area (Å²) in [6.45, 7) is 1.78. The Hall–Kier alpha value is -2.80. The van der Waals surface area contributed by atoms with E-state index < -0.39 is 0 Å². The highest BCUT2D eigenvalue weighted by molar-refractivity contribution is 5.95. The molecule has 3 rings (SSSR count). The van der Waals surface area contributed by atoms with Gasteiger partial charge in [0.05, 0.1) is 25.5 Å². The van der Waals surface area contributed by atoms with E-state index in [0.717, 1.165) is 19.4 Å². The van der Waals surface area contributed by atoms with Crippen molar-refractivity contribution in [3.05, 3.63) is 54.0 Å². The summed E-state index contributed by atoms with van der Waals surface area (Å²) < 4.78 is 10.7. The first-order valence-corrected chi connectivity index (χ1v) is 8.73. The van der Waals surface area contributed by atoms with Crippen molar-refractivity contribution in [2.45, 2.75) is 25.5 Å². The number of carbonyl (C=O) groups excluding carboxylic acids is 2. The Labute approximate surface area is 152 Å². The molecule has 1 atom stereocenters. The average molecular weight is 357 g/mol. The highest BCUT2D eigenvalue weighted by Crippen LogP contribution is 2.12. The number of nitrogens with one attached hydrogen (secondary N) is 3. The SMILES string of the molecule is O=C(CNc1cccc(C(=O)NCc2ccco2)c1)NCC1CCCO1. The van der Waals surface area contributed by atoms with Crippen LogP contribution in [0.4, 0.5) is 5.69 Å². The van der Waals surface area contributed by atoms with Crippen molar-refractivity contribution >= 4 is 17.5 Å². The Morgan fingerprint density at radius 2 is 2.08 bits per heavy atom. The van der Waals surface area contributed by atoms with Gasteiger partial charge in [0.15, 0.2) is 0 Å².